The molecule has 0 fully saturated rings. The molecule has 0 unspecified atom stereocenters. The normalized spacial score (nSPS) is 14.2. The Labute approximate surface area is 148 Å². The van der Waals surface area contributed by atoms with Gasteiger partial charge in [-0.2, -0.15) is 0 Å². The molecule has 0 spiro atoms. The number of rotatable bonds is 3. The van der Waals surface area contributed by atoms with Crippen LogP contribution in [0.5, 0.6) is 5.75 Å². The Morgan fingerprint density at radius 3 is 2.40 bits per heavy atom. The number of esters is 1. The van der Waals surface area contributed by atoms with Crippen LogP contribution in [0.2, 0.25) is 0 Å². The first-order valence-corrected chi connectivity index (χ1v) is 8.11. The second-order valence-electron chi connectivity index (χ2n) is 6.90. The minimum absolute atomic E-state index is 0.372. The Hall–Kier alpha value is -2.50. The van der Waals surface area contributed by atoms with Crippen LogP contribution in [0.25, 0.3) is 5.57 Å². The summed E-state index contributed by atoms with van der Waals surface area (Å²) in [6.07, 6.45) is 1.56. The SMILES string of the molecule is COC(=O)c1c(C2=CCN(C(=O)OC(C)(C)C)C2)ccc(OC)c1C. The molecule has 0 aromatic heterocycles. The predicted octanol–water partition coefficient (Wildman–Crippen LogP) is 3.42. The van der Waals surface area contributed by atoms with E-state index in [0.29, 0.717) is 30.0 Å². The molecule has 25 heavy (non-hydrogen) atoms. The molecule has 1 heterocycles. The van der Waals surface area contributed by atoms with E-state index in [1.807, 2.05) is 45.9 Å². The molecule has 2 rings (SSSR count). The van der Waals surface area contributed by atoms with E-state index < -0.39 is 11.6 Å². The second kappa shape index (κ2) is 7.17. The lowest BCUT2D eigenvalue weighted by molar-refractivity contribution is 0.0306. The van der Waals surface area contributed by atoms with Crippen LogP contribution in [0, 0.1) is 6.92 Å². The van der Waals surface area contributed by atoms with Gasteiger partial charge in [-0.15, -0.1) is 0 Å². The van der Waals surface area contributed by atoms with Crippen molar-refractivity contribution < 1.29 is 23.8 Å². The van der Waals surface area contributed by atoms with Gasteiger partial charge in [0.05, 0.1) is 19.8 Å². The highest BCUT2D eigenvalue weighted by molar-refractivity contribution is 5.98. The van der Waals surface area contributed by atoms with Crippen LogP contribution < -0.4 is 4.74 Å². The molecule has 0 N–H and O–H groups in total. The van der Waals surface area contributed by atoms with Crippen LogP contribution in [0.4, 0.5) is 4.79 Å². The third-order valence-corrected chi connectivity index (χ3v) is 3.94. The molecular weight excluding hydrogens is 322 g/mol. The summed E-state index contributed by atoms with van der Waals surface area (Å²) in [5, 5.41) is 0. The molecule has 0 aliphatic carbocycles. The van der Waals surface area contributed by atoms with Crippen molar-refractivity contribution in [2.75, 3.05) is 27.3 Å². The van der Waals surface area contributed by atoms with Gasteiger partial charge in [-0.05, 0) is 44.9 Å². The summed E-state index contributed by atoms with van der Waals surface area (Å²) in [6, 6.07) is 3.64. The first kappa shape index (κ1) is 18.8. The van der Waals surface area contributed by atoms with Crippen LogP contribution in [0.1, 0.15) is 42.3 Å². The summed E-state index contributed by atoms with van der Waals surface area (Å²) in [6.45, 7) is 8.13. The predicted molar refractivity (Wildman–Crippen MR) is 94.9 cm³/mol. The van der Waals surface area contributed by atoms with Gasteiger partial charge in [-0.25, -0.2) is 9.59 Å². The average Bonchev–Trinajstić information content (AvgIpc) is 3.02. The van der Waals surface area contributed by atoms with Crippen molar-refractivity contribution in [2.45, 2.75) is 33.3 Å². The Bertz CT molecular complexity index is 715. The molecule has 0 atom stereocenters. The van der Waals surface area contributed by atoms with E-state index >= 15 is 0 Å². The molecule has 6 heteroatoms. The van der Waals surface area contributed by atoms with Crippen molar-refractivity contribution in [1.82, 2.24) is 4.90 Å². The van der Waals surface area contributed by atoms with Gasteiger partial charge in [0.25, 0.3) is 0 Å². The fourth-order valence-electron chi connectivity index (χ4n) is 2.76. The van der Waals surface area contributed by atoms with Crippen molar-refractivity contribution in [3.63, 3.8) is 0 Å². The highest BCUT2D eigenvalue weighted by Crippen LogP contribution is 2.32. The number of hydrogen-bond acceptors (Lipinski definition) is 5. The number of hydrogen-bond donors (Lipinski definition) is 0. The molecule has 1 amide bonds. The first-order chi connectivity index (χ1) is 11.7. The smallest absolute Gasteiger partial charge is 0.410 e. The van der Waals surface area contributed by atoms with Crippen LogP contribution >= 0.6 is 0 Å². The summed E-state index contributed by atoms with van der Waals surface area (Å²) in [7, 11) is 2.91. The Morgan fingerprint density at radius 2 is 1.84 bits per heavy atom. The van der Waals surface area contributed by atoms with Crippen LogP contribution in [0.15, 0.2) is 18.2 Å². The largest absolute Gasteiger partial charge is 0.496 e. The Morgan fingerprint density at radius 1 is 1.16 bits per heavy atom. The molecular formula is C19H25NO5. The summed E-state index contributed by atoms with van der Waals surface area (Å²) in [5.41, 5.74) is 2.25. The number of carbonyl (C=O) groups excluding carboxylic acids is 2. The topological polar surface area (TPSA) is 65.1 Å². The van der Waals surface area contributed by atoms with E-state index in [9.17, 15) is 9.59 Å². The van der Waals surface area contributed by atoms with E-state index in [-0.39, 0.29) is 6.09 Å². The van der Waals surface area contributed by atoms with Crippen molar-refractivity contribution >= 4 is 17.6 Å². The number of amides is 1. The fraction of sp³-hybridized carbons (Fsp3) is 0.474. The number of benzene rings is 1. The van der Waals surface area contributed by atoms with E-state index in [0.717, 1.165) is 11.1 Å². The van der Waals surface area contributed by atoms with E-state index in [1.54, 1.807) is 12.0 Å². The molecule has 0 radical (unpaired) electrons. The van der Waals surface area contributed by atoms with Gasteiger partial charge in [-0.1, -0.05) is 12.1 Å². The minimum Gasteiger partial charge on any atom is -0.496 e. The third kappa shape index (κ3) is 4.13. The zero-order valence-corrected chi connectivity index (χ0v) is 15.6. The molecule has 6 nitrogen and oxygen atoms in total. The Kier molecular flexibility index (Phi) is 5.40. The first-order valence-electron chi connectivity index (χ1n) is 8.11. The van der Waals surface area contributed by atoms with Gasteiger partial charge in [0, 0.05) is 18.7 Å². The zero-order valence-electron chi connectivity index (χ0n) is 15.6. The highest BCUT2D eigenvalue weighted by Gasteiger charge is 2.28. The van der Waals surface area contributed by atoms with E-state index in [1.165, 1.54) is 7.11 Å². The van der Waals surface area contributed by atoms with E-state index in [2.05, 4.69) is 0 Å². The van der Waals surface area contributed by atoms with Crippen molar-refractivity contribution in [3.8, 4) is 5.75 Å². The molecule has 1 aromatic carbocycles. The Balaban J connectivity index is 2.30. The molecule has 0 saturated carbocycles. The quantitative estimate of drug-likeness (QED) is 0.784. The van der Waals surface area contributed by atoms with Gasteiger partial charge in [0.2, 0.25) is 0 Å². The van der Waals surface area contributed by atoms with Gasteiger partial charge in [-0.3, -0.25) is 0 Å². The summed E-state index contributed by atoms with van der Waals surface area (Å²) in [5.74, 6) is 0.190. The number of methoxy groups -OCH3 is 2. The van der Waals surface area contributed by atoms with Crippen molar-refractivity contribution in [3.05, 3.63) is 34.9 Å². The van der Waals surface area contributed by atoms with Gasteiger partial charge in [0.1, 0.15) is 11.4 Å². The molecule has 0 saturated heterocycles. The lowest BCUT2D eigenvalue weighted by Gasteiger charge is -2.24. The average molecular weight is 347 g/mol. The maximum Gasteiger partial charge on any atom is 0.410 e. The molecule has 1 aromatic rings. The lowest BCUT2D eigenvalue weighted by atomic mass is 9.95. The van der Waals surface area contributed by atoms with E-state index in [4.69, 9.17) is 14.2 Å². The van der Waals surface area contributed by atoms with Gasteiger partial charge >= 0.3 is 12.1 Å². The second-order valence-corrected chi connectivity index (χ2v) is 6.90. The number of nitrogens with zero attached hydrogens (tertiary/aromatic N) is 1. The van der Waals surface area contributed by atoms with Crippen molar-refractivity contribution in [2.24, 2.45) is 0 Å². The summed E-state index contributed by atoms with van der Waals surface area (Å²) >= 11 is 0. The van der Waals surface area contributed by atoms with Gasteiger partial charge < -0.3 is 19.1 Å². The fourth-order valence-corrected chi connectivity index (χ4v) is 2.76. The number of carbonyl (C=O) groups is 2. The molecule has 1 aliphatic heterocycles. The van der Waals surface area contributed by atoms with Crippen LogP contribution in [-0.2, 0) is 9.47 Å². The molecule has 1 aliphatic rings. The highest BCUT2D eigenvalue weighted by atomic mass is 16.6. The minimum atomic E-state index is -0.548. The monoisotopic (exact) mass is 347 g/mol. The van der Waals surface area contributed by atoms with Crippen LogP contribution in [0.3, 0.4) is 0 Å². The summed E-state index contributed by atoms with van der Waals surface area (Å²) < 4.78 is 15.6. The summed E-state index contributed by atoms with van der Waals surface area (Å²) in [4.78, 5) is 26.1. The van der Waals surface area contributed by atoms with Gasteiger partial charge in [0.15, 0.2) is 0 Å². The molecule has 0 bridgehead atoms. The standard InChI is InChI=1S/C19H25NO5/c1-12-15(23-5)8-7-14(16(12)17(21)24-6)13-9-10-20(11-13)18(22)25-19(2,3)4/h7-9H,10-11H2,1-6H3. The zero-order chi connectivity index (χ0) is 18.8. The number of ether oxygens (including phenoxy) is 3. The maximum absolute atomic E-state index is 12.3. The van der Waals surface area contributed by atoms with Crippen LogP contribution in [-0.4, -0.2) is 49.9 Å². The van der Waals surface area contributed by atoms with Crippen molar-refractivity contribution in [1.29, 1.82) is 0 Å². The maximum atomic E-state index is 12.3. The lowest BCUT2D eigenvalue weighted by Crippen LogP contribution is -2.35. The third-order valence-electron chi connectivity index (χ3n) is 3.94. The molecule has 136 valence electrons.